The van der Waals surface area contributed by atoms with Crippen LogP contribution in [-0.4, -0.2) is 30.5 Å². The maximum atomic E-state index is 12.6. The largest absolute Gasteiger partial charge is 0.484 e. The lowest BCUT2D eigenvalue weighted by Gasteiger charge is -2.18. The Morgan fingerprint density at radius 3 is 2.31 bits per heavy atom. The molecule has 0 unspecified atom stereocenters. The normalized spacial score (nSPS) is 9.94. The number of halogens is 1. The third-order valence-electron chi connectivity index (χ3n) is 2.29. The number of carbonyl (C=O) groups excluding carboxylic acids is 1. The molecule has 1 aromatic carbocycles. The van der Waals surface area contributed by atoms with Crippen LogP contribution in [0.2, 0.25) is 0 Å². The molecule has 0 aliphatic carbocycles. The number of hydrogen-bond acceptors (Lipinski definition) is 2. The highest BCUT2D eigenvalue weighted by Gasteiger charge is 2.09. The molecular formula is C12H16FNO2. The van der Waals surface area contributed by atoms with E-state index >= 15 is 0 Å². The quantitative estimate of drug-likeness (QED) is 0.767. The van der Waals surface area contributed by atoms with E-state index in [-0.39, 0.29) is 18.3 Å². The molecule has 0 fully saturated rings. The van der Waals surface area contributed by atoms with Gasteiger partial charge in [0.2, 0.25) is 0 Å². The molecule has 0 saturated carbocycles. The first kappa shape index (κ1) is 12.5. The number of hydrogen-bond donors (Lipinski definition) is 0. The molecule has 0 aromatic heterocycles. The fourth-order valence-electron chi connectivity index (χ4n) is 1.34. The van der Waals surface area contributed by atoms with Crippen molar-refractivity contribution in [3.05, 3.63) is 30.1 Å². The molecule has 0 aliphatic rings. The Bertz CT molecular complexity index is 333. The number of ether oxygens (including phenoxy) is 1. The lowest BCUT2D eigenvalue weighted by molar-refractivity contribution is -0.132. The zero-order valence-electron chi connectivity index (χ0n) is 9.57. The Kier molecular flexibility index (Phi) is 4.76. The second kappa shape index (κ2) is 6.10. The van der Waals surface area contributed by atoms with Crippen LogP contribution in [0.1, 0.15) is 13.8 Å². The highest BCUT2D eigenvalue weighted by molar-refractivity contribution is 5.77. The Labute approximate surface area is 94.8 Å². The van der Waals surface area contributed by atoms with Crippen LogP contribution in [0.3, 0.4) is 0 Å². The topological polar surface area (TPSA) is 29.5 Å². The van der Waals surface area contributed by atoms with Gasteiger partial charge in [0.05, 0.1) is 0 Å². The minimum Gasteiger partial charge on any atom is -0.484 e. The van der Waals surface area contributed by atoms with Crippen molar-refractivity contribution in [2.45, 2.75) is 13.8 Å². The summed E-state index contributed by atoms with van der Waals surface area (Å²) in [6.07, 6.45) is 0. The average molecular weight is 225 g/mol. The van der Waals surface area contributed by atoms with Crippen molar-refractivity contribution in [2.24, 2.45) is 0 Å². The Hall–Kier alpha value is -1.58. The van der Waals surface area contributed by atoms with Crippen molar-refractivity contribution in [3.63, 3.8) is 0 Å². The highest BCUT2D eigenvalue weighted by Crippen LogP contribution is 2.10. The second-order valence-electron chi connectivity index (χ2n) is 3.31. The summed E-state index contributed by atoms with van der Waals surface area (Å²) in [6, 6.07) is 5.62. The lowest BCUT2D eigenvalue weighted by atomic mass is 10.3. The van der Waals surface area contributed by atoms with Crippen molar-refractivity contribution in [1.82, 2.24) is 4.90 Å². The predicted molar refractivity (Wildman–Crippen MR) is 59.8 cm³/mol. The molecule has 1 rings (SSSR count). The van der Waals surface area contributed by atoms with Crippen LogP contribution in [0, 0.1) is 5.82 Å². The minimum absolute atomic E-state index is 0.00663. The summed E-state index contributed by atoms with van der Waals surface area (Å²) in [5, 5.41) is 0. The number of amides is 1. The number of benzene rings is 1. The molecule has 16 heavy (non-hydrogen) atoms. The van der Waals surface area contributed by atoms with Crippen molar-refractivity contribution in [2.75, 3.05) is 19.7 Å². The van der Waals surface area contributed by atoms with E-state index in [1.54, 1.807) is 4.90 Å². The summed E-state index contributed by atoms with van der Waals surface area (Å²) in [4.78, 5) is 13.3. The van der Waals surface area contributed by atoms with Crippen molar-refractivity contribution in [1.29, 1.82) is 0 Å². The number of rotatable bonds is 5. The molecule has 0 aliphatic heterocycles. The first-order valence-electron chi connectivity index (χ1n) is 5.33. The van der Waals surface area contributed by atoms with E-state index in [4.69, 9.17) is 4.74 Å². The van der Waals surface area contributed by atoms with Crippen LogP contribution in [-0.2, 0) is 4.79 Å². The van der Waals surface area contributed by atoms with Crippen LogP contribution < -0.4 is 4.74 Å². The first-order valence-corrected chi connectivity index (χ1v) is 5.33. The highest BCUT2D eigenvalue weighted by atomic mass is 19.1. The maximum Gasteiger partial charge on any atom is 0.260 e. The molecule has 1 amide bonds. The number of carbonyl (C=O) groups is 1. The smallest absolute Gasteiger partial charge is 0.260 e. The summed E-state index contributed by atoms with van der Waals surface area (Å²) in [7, 11) is 0. The van der Waals surface area contributed by atoms with E-state index in [2.05, 4.69) is 0 Å². The minimum atomic E-state index is -0.317. The van der Waals surface area contributed by atoms with Crippen LogP contribution in [0.25, 0.3) is 0 Å². The summed E-state index contributed by atoms with van der Waals surface area (Å²) in [5.41, 5.74) is 0. The van der Waals surface area contributed by atoms with Gasteiger partial charge in [0.15, 0.2) is 6.61 Å². The van der Waals surface area contributed by atoms with Gasteiger partial charge in [0.1, 0.15) is 11.6 Å². The number of likely N-dealkylation sites (N-methyl/N-ethyl adjacent to an activating group) is 1. The Morgan fingerprint density at radius 1 is 1.25 bits per heavy atom. The van der Waals surface area contributed by atoms with Gasteiger partial charge in [-0.05, 0) is 38.1 Å². The zero-order chi connectivity index (χ0) is 12.0. The second-order valence-corrected chi connectivity index (χ2v) is 3.31. The monoisotopic (exact) mass is 225 g/mol. The lowest BCUT2D eigenvalue weighted by Crippen LogP contribution is -2.34. The molecule has 0 bridgehead atoms. The van der Waals surface area contributed by atoms with Crippen LogP contribution in [0.4, 0.5) is 4.39 Å². The van der Waals surface area contributed by atoms with Gasteiger partial charge in [-0.25, -0.2) is 4.39 Å². The van der Waals surface area contributed by atoms with E-state index in [0.717, 1.165) is 0 Å². The molecular weight excluding hydrogens is 209 g/mol. The molecule has 88 valence electrons. The van der Waals surface area contributed by atoms with Crippen molar-refractivity contribution < 1.29 is 13.9 Å². The molecule has 0 N–H and O–H groups in total. The van der Waals surface area contributed by atoms with Crippen LogP contribution in [0.5, 0.6) is 5.75 Å². The van der Waals surface area contributed by atoms with Gasteiger partial charge in [0, 0.05) is 13.1 Å². The van der Waals surface area contributed by atoms with Crippen LogP contribution in [0.15, 0.2) is 24.3 Å². The van der Waals surface area contributed by atoms with Crippen molar-refractivity contribution in [3.8, 4) is 5.75 Å². The molecule has 4 heteroatoms. The number of nitrogens with zero attached hydrogens (tertiary/aromatic N) is 1. The molecule has 1 aromatic rings. The standard InChI is InChI=1S/C12H16FNO2/c1-3-14(4-2)12(15)9-16-11-7-5-10(13)6-8-11/h5-8H,3-4,9H2,1-2H3. The Balaban J connectivity index is 2.45. The summed E-state index contributed by atoms with van der Waals surface area (Å²) in [5.74, 6) is 0.124. The summed E-state index contributed by atoms with van der Waals surface area (Å²) >= 11 is 0. The average Bonchev–Trinajstić information content (AvgIpc) is 2.30. The van der Waals surface area contributed by atoms with Gasteiger partial charge >= 0.3 is 0 Å². The first-order chi connectivity index (χ1) is 7.67. The van der Waals surface area contributed by atoms with E-state index in [1.165, 1.54) is 24.3 Å². The van der Waals surface area contributed by atoms with Gasteiger partial charge in [0.25, 0.3) is 5.91 Å². The molecule has 0 atom stereocenters. The van der Waals surface area contributed by atoms with Gasteiger partial charge < -0.3 is 9.64 Å². The third-order valence-corrected chi connectivity index (χ3v) is 2.29. The molecule has 0 saturated heterocycles. The SMILES string of the molecule is CCN(CC)C(=O)COc1ccc(F)cc1. The zero-order valence-corrected chi connectivity index (χ0v) is 9.57. The summed E-state index contributed by atoms with van der Waals surface area (Å²) < 4.78 is 17.8. The molecule has 0 heterocycles. The van der Waals surface area contributed by atoms with E-state index in [0.29, 0.717) is 18.8 Å². The van der Waals surface area contributed by atoms with E-state index in [1.807, 2.05) is 13.8 Å². The Morgan fingerprint density at radius 2 is 1.81 bits per heavy atom. The van der Waals surface area contributed by atoms with E-state index < -0.39 is 0 Å². The van der Waals surface area contributed by atoms with E-state index in [9.17, 15) is 9.18 Å². The van der Waals surface area contributed by atoms with Crippen molar-refractivity contribution >= 4 is 5.91 Å². The van der Waals surface area contributed by atoms with Gasteiger partial charge in [-0.3, -0.25) is 4.79 Å². The molecule has 0 spiro atoms. The third kappa shape index (κ3) is 3.53. The fourth-order valence-corrected chi connectivity index (χ4v) is 1.34. The summed E-state index contributed by atoms with van der Waals surface area (Å²) in [6.45, 7) is 5.16. The van der Waals surface area contributed by atoms with Gasteiger partial charge in [-0.2, -0.15) is 0 Å². The molecule has 3 nitrogen and oxygen atoms in total. The van der Waals surface area contributed by atoms with Gasteiger partial charge in [-0.1, -0.05) is 0 Å². The molecule has 0 radical (unpaired) electrons. The predicted octanol–water partition coefficient (Wildman–Crippen LogP) is 2.07. The van der Waals surface area contributed by atoms with Crippen LogP contribution >= 0.6 is 0 Å². The van der Waals surface area contributed by atoms with Gasteiger partial charge in [-0.15, -0.1) is 0 Å². The maximum absolute atomic E-state index is 12.6. The fraction of sp³-hybridized carbons (Fsp3) is 0.417.